The SMILES string of the molecule is COc1ccc2ncc(Cl)c(CCN3C[C@@H](O)[C@H](N)[C@@H](O)C3)c2c1.Cl.Cl.Cl. The lowest BCUT2D eigenvalue weighted by atomic mass is 9.99. The van der Waals surface area contributed by atoms with Crippen LogP contribution < -0.4 is 10.5 Å². The smallest absolute Gasteiger partial charge is 0.119 e. The maximum atomic E-state index is 9.93. The maximum Gasteiger partial charge on any atom is 0.119 e. The Morgan fingerprint density at radius 2 is 1.85 bits per heavy atom. The number of fused-ring (bicyclic) bond motifs is 1. The molecular formula is C17H25Cl4N3O3. The Morgan fingerprint density at radius 1 is 1.22 bits per heavy atom. The van der Waals surface area contributed by atoms with Crippen molar-refractivity contribution in [1.29, 1.82) is 0 Å². The second-order valence-electron chi connectivity index (χ2n) is 6.19. The molecule has 1 aromatic carbocycles. The fraction of sp³-hybridized carbons (Fsp3) is 0.471. The highest BCUT2D eigenvalue weighted by atomic mass is 35.5. The second-order valence-corrected chi connectivity index (χ2v) is 6.60. The van der Waals surface area contributed by atoms with E-state index in [-0.39, 0.29) is 37.2 Å². The van der Waals surface area contributed by atoms with E-state index in [0.717, 1.165) is 22.2 Å². The molecule has 27 heavy (non-hydrogen) atoms. The van der Waals surface area contributed by atoms with Crippen molar-refractivity contribution in [3.05, 3.63) is 35.0 Å². The Labute approximate surface area is 182 Å². The van der Waals surface area contributed by atoms with Crippen molar-refractivity contribution in [3.8, 4) is 5.75 Å². The van der Waals surface area contributed by atoms with E-state index in [4.69, 9.17) is 22.1 Å². The van der Waals surface area contributed by atoms with E-state index < -0.39 is 18.2 Å². The molecule has 1 aliphatic rings. The van der Waals surface area contributed by atoms with Gasteiger partial charge in [0.1, 0.15) is 5.75 Å². The van der Waals surface area contributed by atoms with Gasteiger partial charge in [0.05, 0.1) is 35.9 Å². The van der Waals surface area contributed by atoms with E-state index >= 15 is 0 Å². The molecule has 4 N–H and O–H groups in total. The number of benzene rings is 1. The number of hydrogen-bond donors (Lipinski definition) is 3. The van der Waals surface area contributed by atoms with Crippen LogP contribution in [0.1, 0.15) is 5.56 Å². The Kier molecular flexibility index (Phi) is 11.2. The van der Waals surface area contributed by atoms with Gasteiger partial charge in [-0.05, 0) is 30.2 Å². The van der Waals surface area contributed by atoms with Crippen LogP contribution in [0.2, 0.25) is 5.02 Å². The van der Waals surface area contributed by atoms with Crippen molar-refractivity contribution < 1.29 is 14.9 Å². The quantitative estimate of drug-likeness (QED) is 0.646. The first-order valence-corrected chi connectivity index (χ1v) is 8.32. The minimum Gasteiger partial charge on any atom is -0.497 e. The minimum absolute atomic E-state index is 0. The van der Waals surface area contributed by atoms with Crippen molar-refractivity contribution in [2.45, 2.75) is 24.7 Å². The average molecular weight is 461 g/mol. The predicted octanol–water partition coefficient (Wildman–Crippen LogP) is 2.07. The molecule has 0 saturated carbocycles. The molecule has 3 rings (SSSR count). The fourth-order valence-electron chi connectivity index (χ4n) is 3.14. The van der Waals surface area contributed by atoms with Crippen molar-refractivity contribution >= 4 is 59.7 Å². The van der Waals surface area contributed by atoms with E-state index in [9.17, 15) is 10.2 Å². The maximum absolute atomic E-state index is 9.93. The molecule has 10 heteroatoms. The van der Waals surface area contributed by atoms with Crippen molar-refractivity contribution in [3.63, 3.8) is 0 Å². The summed E-state index contributed by atoms with van der Waals surface area (Å²) in [4.78, 5) is 6.35. The molecule has 154 valence electrons. The molecule has 2 aromatic rings. The van der Waals surface area contributed by atoms with Gasteiger partial charge in [0.2, 0.25) is 0 Å². The zero-order valence-electron chi connectivity index (χ0n) is 14.7. The zero-order valence-corrected chi connectivity index (χ0v) is 18.0. The average Bonchev–Trinajstić information content (AvgIpc) is 2.58. The standard InChI is InChI=1S/C17H22ClN3O3.3ClH/c1-24-10-2-3-14-12(6-10)11(13(18)7-20-14)4-5-21-8-15(22)17(19)16(23)9-21;;;/h2-3,6-7,15-17,22-23H,4-5,8-9,19H2,1H3;3*1H/t15-,16+,17+;;;. The number of methoxy groups -OCH3 is 1. The molecule has 0 aliphatic carbocycles. The summed E-state index contributed by atoms with van der Waals surface area (Å²) < 4.78 is 5.29. The van der Waals surface area contributed by atoms with Gasteiger partial charge in [0, 0.05) is 31.2 Å². The normalized spacial score (nSPS) is 22.3. The number of aliphatic hydroxyl groups is 2. The number of likely N-dealkylation sites (tertiary alicyclic amines) is 1. The van der Waals surface area contributed by atoms with E-state index in [1.54, 1.807) is 13.3 Å². The number of pyridine rings is 1. The number of aliphatic hydroxyl groups excluding tert-OH is 2. The van der Waals surface area contributed by atoms with Crippen molar-refractivity contribution in [2.75, 3.05) is 26.7 Å². The van der Waals surface area contributed by atoms with Crippen LogP contribution in [0.5, 0.6) is 5.75 Å². The van der Waals surface area contributed by atoms with Crippen LogP contribution in [0.4, 0.5) is 0 Å². The number of nitrogens with zero attached hydrogens (tertiary/aromatic N) is 2. The summed E-state index contributed by atoms with van der Waals surface area (Å²) in [6, 6.07) is 5.11. The van der Waals surface area contributed by atoms with Crippen LogP contribution in [-0.4, -0.2) is 65.1 Å². The van der Waals surface area contributed by atoms with Gasteiger partial charge in [-0.25, -0.2) is 0 Å². The number of hydrogen-bond acceptors (Lipinski definition) is 6. The van der Waals surface area contributed by atoms with Crippen molar-refractivity contribution in [1.82, 2.24) is 9.88 Å². The molecule has 0 radical (unpaired) electrons. The number of nitrogens with two attached hydrogens (primary N) is 1. The van der Waals surface area contributed by atoms with Gasteiger partial charge in [-0.15, -0.1) is 37.2 Å². The van der Waals surface area contributed by atoms with Crippen LogP contribution >= 0.6 is 48.8 Å². The van der Waals surface area contributed by atoms with Crippen LogP contribution in [0.3, 0.4) is 0 Å². The Bertz CT molecular complexity index is 726. The van der Waals surface area contributed by atoms with Crippen molar-refractivity contribution in [2.24, 2.45) is 5.73 Å². The van der Waals surface area contributed by atoms with E-state index in [1.165, 1.54) is 0 Å². The fourth-order valence-corrected chi connectivity index (χ4v) is 3.38. The molecule has 1 saturated heterocycles. The molecule has 2 heterocycles. The summed E-state index contributed by atoms with van der Waals surface area (Å²) >= 11 is 6.36. The molecule has 0 unspecified atom stereocenters. The lowest BCUT2D eigenvalue weighted by molar-refractivity contribution is -0.0257. The highest BCUT2D eigenvalue weighted by Gasteiger charge is 2.31. The molecule has 1 fully saturated rings. The second kappa shape index (κ2) is 11.4. The molecule has 0 amide bonds. The third-order valence-corrected chi connectivity index (χ3v) is 4.92. The van der Waals surface area contributed by atoms with E-state index in [2.05, 4.69) is 4.98 Å². The highest BCUT2D eigenvalue weighted by molar-refractivity contribution is 6.32. The third kappa shape index (κ3) is 5.95. The lowest BCUT2D eigenvalue weighted by Gasteiger charge is -2.37. The summed E-state index contributed by atoms with van der Waals surface area (Å²) in [6.07, 6.45) is 0.887. The van der Waals surface area contributed by atoms with E-state index in [0.29, 0.717) is 31.1 Å². The Balaban J connectivity index is 0.00000225. The molecule has 0 spiro atoms. The first-order chi connectivity index (χ1) is 11.5. The summed E-state index contributed by atoms with van der Waals surface area (Å²) in [5.74, 6) is 0.752. The summed E-state index contributed by atoms with van der Waals surface area (Å²) in [5.41, 5.74) is 7.59. The largest absolute Gasteiger partial charge is 0.497 e. The number of rotatable bonds is 4. The van der Waals surface area contributed by atoms with Gasteiger partial charge in [-0.2, -0.15) is 0 Å². The zero-order chi connectivity index (χ0) is 17.3. The monoisotopic (exact) mass is 459 g/mol. The number of piperidine rings is 1. The lowest BCUT2D eigenvalue weighted by Crippen LogP contribution is -2.59. The topological polar surface area (TPSA) is 91.8 Å². The number of β-amino-alcohol motifs (C(OH)–C–C–N with tert-alkyl or cyclic N) is 2. The Hall–Kier alpha value is -0.570. The van der Waals surface area contributed by atoms with Gasteiger partial charge in [0.15, 0.2) is 0 Å². The van der Waals surface area contributed by atoms with Crippen LogP contribution in [0, 0.1) is 0 Å². The van der Waals surface area contributed by atoms with Gasteiger partial charge < -0.3 is 20.7 Å². The third-order valence-electron chi connectivity index (χ3n) is 4.59. The summed E-state index contributed by atoms with van der Waals surface area (Å²) in [7, 11) is 1.62. The minimum atomic E-state index is -0.724. The first-order valence-electron chi connectivity index (χ1n) is 7.95. The molecule has 1 aromatic heterocycles. The molecule has 6 nitrogen and oxygen atoms in total. The van der Waals surface area contributed by atoms with Gasteiger partial charge in [-0.1, -0.05) is 11.6 Å². The Morgan fingerprint density at radius 3 is 2.44 bits per heavy atom. The molecule has 0 bridgehead atoms. The van der Waals surface area contributed by atoms with Gasteiger partial charge in [-0.3, -0.25) is 9.88 Å². The highest BCUT2D eigenvalue weighted by Crippen LogP contribution is 2.28. The van der Waals surface area contributed by atoms with E-state index in [1.807, 2.05) is 23.1 Å². The molecular weight excluding hydrogens is 436 g/mol. The number of aromatic nitrogens is 1. The van der Waals surface area contributed by atoms with Crippen LogP contribution in [0.15, 0.2) is 24.4 Å². The molecule has 1 aliphatic heterocycles. The number of ether oxygens (including phenoxy) is 1. The summed E-state index contributed by atoms with van der Waals surface area (Å²) in [6.45, 7) is 1.56. The predicted molar refractivity (Wildman–Crippen MR) is 115 cm³/mol. The first kappa shape index (κ1) is 26.4. The van der Waals surface area contributed by atoms with Gasteiger partial charge in [0.25, 0.3) is 0 Å². The molecule has 3 atom stereocenters. The summed E-state index contributed by atoms with van der Waals surface area (Å²) in [5, 5.41) is 21.4. The van der Waals surface area contributed by atoms with Crippen LogP contribution in [-0.2, 0) is 6.42 Å². The van der Waals surface area contributed by atoms with Crippen LogP contribution in [0.25, 0.3) is 10.9 Å². The van der Waals surface area contributed by atoms with Gasteiger partial charge >= 0.3 is 0 Å². The number of halogens is 4.